The first-order chi connectivity index (χ1) is 11.1. The quantitative estimate of drug-likeness (QED) is 0.569. The molecular formula is C16H24ClN3O4. The number of amides is 1. The maximum Gasteiger partial charge on any atom is 0.312 e. The van der Waals surface area contributed by atoms with Gasteiger partial charge in [-0.05, 0) is 31.4 Å². The molecule has 2 N–H and O–H groups in total. The van der Waals surface area contributed by atoms with Crippen LogP contribution in [0, 0.1) is 16.0 Å². The van der Waals surface area contributed by atoms with Gasteiger partial charge < -0.3 is 15.4 Å². The molecule has 2 unspecified atom stereocenters. The smallest absolute Gasteiger partial charge is 0.312 e. The standard InChI is InChI=1S/C16H24ClN3O4/c1-10(2)13(18)7-8-19(4)16(21)11(3)24-15-6-5-12(17)9-14(15)20(22)23/h5-6,9-11,13H,7-8,18H2,1-4H3. The molecule has 0 heterocycles. The molecule has 0 fully saturated rings. The Balaban J connectivity index is 2.72. The maximum atomic E-state index is 12.3. The van der Waals surface area contributed by atoms with Crippen LogP contribution in [0.25, 0.3) is 0 Å². The summed E-state index contributed by atoms with van der Waals surface area (Å²) in [5, 5.41) is 11.3. The third-order valence-corrected chi connectivity index (χ3v) is 4.03. The van der Waals surface area contributed by atoms with Crippen LogP contribution in [-0.4, -0.2) is 41.5 Å². The molecule has 1 aromatic carbocycles. The molecule has 1 rings (SSSR count). The average Bonchev–Trinajstić information content (AvgIpc) is 2.52. The number of nitrogens with zero attached hydrogens (tertiary/aromatic N) is 2. The number of rotatable bonds is 8. The first-order valence-corrected chi connectivity index (χ1v) is 8.12. The van der Waals surface area contributed by atoms with Crippen molar-refractivity contribution < 1.29 is 14.5 Å². The molecule has 0 radical (unpaired) electrons. The van der Waals surface area contributed by atoms with E-state index in [1.54, 1.807) is 14.0 Å². The van der Waals surface area contributed by atoms with Crippen molar-refractivity contribution in [3.8, 4) is 5.75 Å². The van der Waals surface area contributed by atoms with Gasteiger partial charge in [-0.1, -0.05) is 25.4 Å². The van der Waals surface area contributed by atoms with Crippen LogP contribution < -0.4 is 10.5 Å². The van der Waals surface area contributed by atoms with Crippen LogP contribution in [0.4, 0.5) is 5.69 Å². The normalized spacial score (nSPS) is 13.5. The summed E-state index contributed by atoms with van der Waals surface area (Å²) in [4.78, 5) is 24.3. The van der Waals surface area contributed by atoms with Gasteiger partial charge in [-0.25, -0.2) is 0 Å². The largest absolute Gasteiger partial charge is 0.474 e. The van der Waals surface area contributed by atoms with Crippen LogP contribution in [0.1, 0.15) is 27.2 Å². The summed E-state index contributed by atoms with van der Waals surface area (Å²) in [6.07, 6.45) is -0.182. The lowest BCUT2D eigenvalue weighted by molar-refractivity contribution is -0.386. The number of hydrogen-bond acceptors (Lipinski definition) is 5. The molecule has 0 saturated heterocycles. The van der Waals surface area contributed by atoms with E-state index in [4.69, 9.17) is 22.1 Å². The molecule has 0 aliphatic heterocycles. The fourth-order valence-corrected chi connectivity index (χ4v) is 2.24. The van der Waals surface area contributed by atoms with Gasteiger partial charge in [-0.3, -0.25) is 14.9 Å². The number of halogens is 1. The third kappa shape index (κ3) is 5.65. The average molecular weight is 358 g/mol. The molecule has 1 aromatic rings. The highest BCUT2D eigenvalue weighted by atomic mass is 35.5. The second-order valence-corrected chi connectivity index (χ2v) is 6.52. The molecule has 24 heavy (non-hydrogen) atoms. The number of nitro groups is 1. The summed E-state index contributed by atoms with van der Waals surface area (Å²) in [5.74, 6) is 0.0756. The Hall–Kier alpha value is -1.86. The molecule has 0 bridgehead atoms. The molecule has 134 valence electrons. The van der Waals surface area contributed by atoms with E-state index in [0.29, 0.717) is 18.9 Å². The monoisotopic (exact) mass is 357 g/mol. The minimum Gasteiger partial charge on any atom is -0.474 e. The molecule has 0 spiro atoms. The molecule has 7 nitrogen and oxygen atoms in total. The van der Waals surface area contributed by atoms with E-state index < -0.39 is 11.0 Å². The van der Waals surface area contributed by atoms with Gasteiger partial charge >= 0.3 is 5.69 Å². The highest BCUT2D eigenvalue weighted by Crippen LogP contribution is 2.30. The van der Waals surface area contributed by atoms with Crippen LogP contribution >= 0.6 is 11.6 Å². The van der Waals surface area contributed by atoms with Crippen molar-refractivity contribution in [2.24, 2.45) is 11.7 Å². The predicted octanol–water partition coefficient (Wildman–Crippen LogP) is 2.85. The zero-order valence-electron chi connectivity index (χ0n) is 14.4. The number of carbonyl (C=O) groups is 1. The number of nitro benzene ring substituents is 1. The van der Waals surface area contributed by atoms with E-state index >= 15 is 0 Å². The molecule has 0 aromatic heterocycles. The lowest BCUT2D eigenvalue weighted by atomic mass is 10.0. The molecule has 0 saturated carbocycles. The third-order valence-electron chi connectivity index (χ3n) is 3.80. The molecule has 1 amide bonds. The first kappa shape index (κ1) is 20.2. The fourth-order valence-electron chi connectivity index (χ4n) is 2.07. The molecule has 0 aliphatic carbocycles. The molecule has 8 heteroatoms. The lowest BCUT2D eigenvalue weighted by Crippen LogP contribution is -2.40. The minimum atomic E-state index is -0.856. The van der Waals surface area contributed by atoms with Crippen LogP contribution in [-0.2, 0) is 4.79 Å². The van der Waals surface area contributed by atoms with Crippen LogP contribution in [0.2, 0.25) is 5.02 Å². The Bertz CT molecular complexity index is 595. The van der Waals surface area contributed by atoms with Crippen molar-refractivity contribution in [1.82, 2.24) is 4.90 Å². The number of hydrogen-bond donors (Lipinski definition) is 1. The second kappa shape index (κ2) is 8.84. The summed E-state index contributed by atoms with van der Waals surface area (Å²) >= 11 is 5.76. The van der Waals surface area contributed by atoms with E-state index in [1.807, 2.05) is 13.8 Å². The Kier molecular flexibility index (Phi) is 7.44. The van der Waals surface area contributed by atoms with Crippen LogP contribution in [0.5, 0.6) is 5.75 Å². The Labute approximate surface area is 146 Å². The van der Waals surface area contributed by atoms with Gasteiger partial charge in [0.2, 0.25) is 0 Å². The van der Waals surface area contributed by atoms with Crippen molar-refractivity contribution >= 4 is 23.2 Å². The van der Waals surface area contributed by atoms with E-state index in [-0.39, 0.29) is 28.4 Å². The minimum absolute atomic E-state index is 0.00817. The van der Waals surface area contributed by atoms with Gasteiger partial charge in [0.15, 0.2) is 11.9 Å². The zero-order valence-corrected chi connectivity index (χ0v) is 15.1. The topological polar surface area (TPSA) is 98.7 Å². The van der Waals surface area contributed by atoms with Gasteiger partial charge in [0.1, 0.15) is 0 Å². The predicted molar refractivity (Wildman–Crippen MR) is 93.3 cm³/mol. The zero-order chi connectivity index (χ0) is 18.4. The van der Waals surface area contributed by atoms with E-state index in [0.717, 1.165) is 0 Å². The Morgan fingerprint density at radius 2 is 2.04 bits per heavy atom. The molecule has 0 aliphatic rings. The summed E-state index contributed by atoms with van der Waals surface area (Å²) in [5.41, 5.74) is 5.70. The van der Waals surface area contributed by atoms with Gasteiger partial charge in [0.25, 0.3) is 5.91 Å². The second-order valence-electron chi connectivity index (χ2n) is 6.09. The summed E-state index contributed by atoms with van der Waals surface area (Å²) < 4.78 is 5.48. The lowest BCUT2D eigenvalue weighted by Gasteiger charge is -2.24. The fraction of sp³-hybridized carbons (Fsp3) is 0.562. The summed E-state index contributed by atoms with van der Waals surface area (Å²) in [6.45, 7) is 6.10. The van der Waals surface area contributed by atoms with Crippen LogP contribution in [0.3, 0.4) is 0 Å². The highest BCUT2D eigenvalue weighted by molar-refractivity contribution is 6.30. The Morgan fingerprint density at radius 3 is 2.58 bits per heavy atom. The van der Waals surface area contributed by atoms with Gasteiger partial charge in [0.05, 0.1) is 4.92 Å². The van der Waals surface area contributed by atoms with Crippen molar-refractivity contribution in [3.05, 3.63) is 33.3 Å². The summed E-state index contributed by atoms with van der Waals surface area (Å²) in [7, 11) is 1.66. The molecular weight excluding hydrogens is 334 g/mol. The number of nitrogens with two attached hydrogens (primary N) is 1. The van der Waals surface area contributed by atoms with Crippen molar-refractivity contribution in [3.63, 3.8) is 0 Å². The summed E-state index contributed by atoms with van der Waals surface area (Å²) in [6, 6.07) is 4.07. The van der Waals surface area contributed by atoms with E-state index in [9.17, 15) is 14.9 Å². The molecule has 2 atom stereocenters. The van der Waals surface area contributed by atoms with Crippen LogP contribution in [0.15, 0.2) is 18.2 Å². The van der Waals surface area contributed by atoms with Crippen molar-refractivity contribution in [2.75, 3.05) is 13.6 Å². The van der Waals surface area contributed by atoms with E-state index in [2.05, 4.69) is 0 Å². The van der Waals surface area contributed by atoms with Crippen molar-refractivity contribution in [1.29, 1.82) is 0 Å². The first-order valence-electron chi connectivity index (χ1n) is 7.74. The maximum absolute atomic E-state index is 12.3. The SMILES string of the molecule is CC(Oc1ccc(Cl)cc1[N+](=O)[O-])C(=O)N(C)CCC(N)C(C)C. The van der Waals surface area contributed by atoms with Gasteiger partial charge in [0, 0.05) is 30.7 Å². The van der Waals surface area contributed by atoms with E-state index in [1.165, 1.54) is 23.1 Å². The highest BCUT2D eigenvalue weighted by Gasteiger charge is 2.24. The Morgan fingerprint density at radius 1 is 1.42 bits per heavy atom. The number of carbonyl (C=O) groups excluding carboxylic acids is 1. The van der Waals surface area contributed by atoms with Gasteiger partial charge in [-0.15, -0.1) is 0 Å². The van der Waals surface area contributed by atoms with Crippen molar-refractivity contribution in [2.45, 2.75) is 39.3 Å². The number of ether oxygens (including phenoxy) is 1. The number of likely N-dealkylation sites (N-methyl/N-ethyl adjacent to an activating group) is 1. The number of benzene rings is 1. The van der Waals surface area contributed by atoms with Gasteiger partial charge in [-0.2, -0.15) is 0 Å².